The lowest BCUT2D eigenvalue weighted by atomic mass is 10.0. The number of hydrogen-bond acceptors (Lipinski definition) is 7. The lowest BCUT2D eigenvalue weighted by molar-refractivity contribution is -0.136. The maximum absolute atomic E-state index is 12.9. The monoisotopic (exact) mass is 514 g/mol. The Morgan fingerprint density at radius 2 is 1.92 bits per heavy atom. The van der Waals surface area contributed by atoms with Crippen molar-refractivity contribution in [3.05, 3.63) is 70.9 Å². The van der Waals surface area contributed by atoms with Crippen LogP contribution in [0.4, 0.5) is 0 Å². The van der Waals surface area contributed by atoms with Crippen molar-refractivity contribution in [2.45, 2.75) is 51.1 Å². The van der Waals surface area contributed by atoms with Gasteiger partial charge in [0.15, 0.2) is 0 Å². The molecule has 0 spiro atoms. The van der Waals surface area contributed by atoms with Crippen molar-refractivity contribution in [1.82, 2.24) is 20.1 Å². The van der Waals surface area contributed by atoms with Gasteiger partial charge < -0.3 is 14.4 Å². The van der Waals surface area contributed by atoms with E-state index in [9.17, 15) is 14.4 Å². The zero-order valence-corrected chi connectivity index (χ0v) is 21.3. The summed E-state index contributed by atoms with van der Waals surface area (Å²) in [5.41, 5.74) is 4.71. The number of pyridine rings is 1. The van der Waals surface area contributed by atoms with E-state index in [0.29, 0.717) is 25.1 Å². The van der Waals surface area contributed by atoms with Crippen LogP contribution in [0.15, 0.2) is 48.7 Å². The normalized spacial score (nSPS) is 21.7. The summed E-state index contributed by atoms with van der Waals surface area (Å²) in [5.74, 6) is -0.127. The van der Waals surface area contributed by atoms with Crippen LogP contribution >= 0.6 is 0 Å². The van der Waals surface area contributed by atoms with Crippen molar-refractivity contribution in [1.29, 1.82) is 0 Å². The predicted octanol–water partition coefficient (Wildman–Crippen LogP) is 2.80. The molecule has 3 amide bonds. The third kappa shape index (κ3) is 4.87. The summed E-state index contributed by atoms with van der Waals surface area (Å²) < 4.78 is 11.6. The van der Waals surface area contributed by atoms with E-state index < -0.39 is 11.9 Å². The molecule has 2 fully saturated rings. The minimum absolute atomic E-state index is 0.0619. The van der Waals surface area contributed by atoms with Crippen molar-refractivity contribution >= 4 is 28.6 Å². The smallest absolute Gasteiger partial charge is 0.255 e. The van der Waals surface area contributed by atoms with Gasteiger partial charge in [0.05, 0.1) is 12.1 Å². The van der Waals surface area contributed by atoms with E-state index in [2.05, 4.69) is 39.5 Å². The number of hydrogen-bond donors (Lipinski definition) is 1. The molecule has 0 saturated carbocycles. The van der Waals surface area contributed by atoms with Gasteiger partial charge in [-0.15, -0.1) is 0 Å². The minimum Gasteiger partial charge on any atom is -0.489 e. The Hall–Kier alpha value is -3.82. The standard InChI is InChI=1S/C29H30N4O5/c1-37-17-19-11-20-10-18(2-5-25(20)30-13-19)14-32-9-8-23(16-32)38-22-3-4-24-21(12-22)15-33(29(24)36)26-6-7-27(34)31-28(26)35/h2-5,10-13,23,26H,6-9,14-17H2,1H3,(H,31,34,35). The van der Waals surface area contributed by atoms with Crippen LogP contribution in [0.2, 0.25) is 0 Å². The zero-order valence-electron chi connectivity index (χ0n) is 21.3. The molecule has 9 nitrogen and oxygen atoms in total. The molecular weight excluding hydrogens is 484 g/mol. The third-order valence-corrected chi connectivity index (χ3v) is 7.55. The van der Waals surface area contributed by atoms with Gasteiger partial charge >= 0.3 is 0 Å². The van der Waals surface area contributed by atoms with E-state index in [1.54, 1.807) is 18.1 Å². The Labute approximate surface area is 220 Å². The Bertz CT molecular complexity index is 1420. The first-order valence-corrected chi connectivity index (χ1v) is 13.0. The lowest BCUT2D eigenvalue weighted by Crippen LogP contribution is -2.52. The Balaban J connectivity index is 1.07. The molecule has 0 radical (unpaired) electrons. The molecule has 0 bridgehead atoms. The van der Waals surface area contributed by atoms with Gasteiger partial charge in [-0.3, -0.25) is 29.6 Å². The number of nitrogens with one attached hydrogen (secondary N) is 1. The molecular formula is C29H30N4O5. The zero-order chi connectivity index (χ0) is 26.2. The summed E-state index contributed by atoms with van der Waals surface area (Å²) in [4.78, 5) is 45.2. The number of carbonyl (C=O) groups excluding carboxylic acids is 3. The number of benzene rings is 2. The van der Waals surface area contributed by atoms with Crippen molar-refractivity contribution < 1.29 is 23.9 Å². The van der Waals surface area contributed by atoms with Crippen LogP contribution in [-0.4, -0.2) is 64.9 Å². The van der Waals surface area contributed by atoms with Gasteiger partial charge in [-0.25, -0.2) is 0 Å². The second kappa shape index (κ2) is 10.2. The van der Waals surface area contributed by atoms with Crippen molar-refractivity contribution in [2.75, 3.05) is 20.2 Å². The number of ether oxygens (including phenoxy) is 2. The van der Waals surface area contributed by atoms with Crippen molar-refractivity contribution in [3.8, 4) is 5.75 Å². The molecule has 6 rings (SSSR count). The van der Waals surface area contributed by atoms with Gasteiger partial charge in [0.2, 0.25) is 11.8 Å². The van der Waals surface area contributed by atoms with Gasteiger partial charge in [-0.2, -0.15) is 0 Å². The number of amides is 3. The second-order valence-electron chi connectivity index (χ2n) is 10.3. The first-order valence-electron chi connectivity index (χ1n) is 13.0. The van der Waals surface area contributed by atoms with E-state index in [-0.39, 0.29) is 24.3 Å². The summed E-state index contributed by atoms with van der Waals surface area (Å²) >= 11 is 0. The molecule has 2 atom stereocenters. The van der Waals surface area contributed by atoms with Gasteiger partial charge in [0.25, 0.3) is 5.91 Å². The van der Waals surface area contributed by atoms with Crippen molar-refractivity contribution in [3.63, 3.8) is 0 Å². The average molecular weight is 515 g/mol. The fraction of sp³-hybridized carbons (Fsp3) is 0.379. The van der Waals surface area contributed by atoms with Gasteiger partial charge in [-0.1, -0.05) is 6.07 Å². The highest BCUT2D eigenvalue weighted by Gasteiger charge is 2.39. The Kier molecular flexibility index (Phi) is 6.55. The summed E-state index contributed by atoms with van der Waals surface area (Å²) in [6.45, 7) is 3.49. The van der Waals surface area contributed by atoms with E-state index in [0.717, 1.165) is 53.8 Å². The summed E-state index contributed by atoms with van der Waals surface area (Å²) in [6, 6.07) is 13.4. The molecule has 2 aromatic carbocycles. The minimum atomic E-state index is -0.613. The van der Waals surface area contributed by atoms with Crippen LogP contribution < -0.4 is 10.1 Å². The number of imide groups is 1. The molecule has 0 aliphatic carbocycles. The number of rotatable bonds is 7. The van der Waals surface area contributed by atoms with Crippen LogP contribution in [0.1, 0.15) is 46.3 Å². The molecule has 38 heavy (non-hydrogen) atoms. The van der Waals surface area contributed by atoms with Gasteiger partial charge in [0.1, 0.15) is 17.9 Å². The summed E-state index contributed by atoms with van der Waals surface area (Å²) in [7, 11) is 1.69. The lowest BCUT2D eigenvalue weighted by Gasteiger charge is -2.29. The SMILES string of the molecule is COCc1cnc2ccc(CN3CCC(Oc4ccc5c(c4)CN(C4CCC(=O)NC4=O)C5=O)C3)cc2c1. The topological polar surface area (TPSA) is 101 Å². The maximum atomic E-state index is 12.9. The van der Waals surface area contributed by atoms with Crippen LogP contribution in [0.5, 0.6) is 5.75 Å². The third-order valence-electron chi connectivity index (χ3n) is 7.55. The molecule has 3 aromatic rings. The fourth-order valence-corrected chi connectivity index (χ4v) is 5.68. The summed E-state index contributed by atoms with van der Waals surface area (Å²) in [5, 5.41) is 3.46. The Morgan fingerprint density at radius 1 is 1.05 bits per heavy atom. The number of fused-ring (bicyclic) bond motifs is 2. The fourth-order valence-electron chi connectivity index (χ4n) is 5.68. The van der Waals surface area contributed by atoms with Crippen LogP contribution in [0.25, 0.3) is 10.9 Å². The highest BCUT2D eigenvalue weighted by atomic mass is 16.5. The molecule has 1 N–H and O–H groups in total. The summed E-state index contributed by atoms with van der Waals surface area (Å²) in [6.07, 6.45) is 3.44. The number of aromatic nitrogens is 1. The molecule has 3 aliphatic heterocycles. The second-order valence-corrected chi connectivity index (χ2v) is 10.3. The number of carbonyl (C=O) groups is 3. The van der Waals surface area contributed by atoms with Gasteiger partial charge in [0, 0.05) is 56.9 Å². The van der Waals surface area contributed by atoms with Gasteiger partial charge in [-0.05, 0) is 65.9 Å². The first-order chi connectivity index (χ1) is 18.5. The highest BCUT2D eigenvalue weighted by Crippen LogP contribution is 2.31. The molecule has 4 heterocycles. The molecule has 2 saturated heterocycles. The molecule has 196 valence electrons. The van der Waals surface area contributed by atoms with Crippen LogP contribution in [-0.2, 0) is 34.0 Å². The number of piperidine rings is 1. The van der Waals surface area contributed by atoms with E-state index in [1.807, 2.05) is 18.3 Å². The molecule has 9 heteroatoms. The molecule has 3 aliphatic rings. The quantitative estimate of drug-likeness (QED) is 0.484. The predicted molar refractivity (Wildman–Crippen MR) is 139 cm³/mol. The molecule has 1 aromatic heterocycles. The van der Waals surface area contributed by atoms with E-state index in [1.165, 1.54) is 5.56 Å². The largest absolute Gasteiger partial charge is 0.489 e. The maximum Gasteiger partial charge on any atom is 0.255 e. The highest BCUT2D eigenvalue weighted by molar-refractivity contribution is 6.05. The van der Waals surface area contributed by atoms with Crippen LogP contribution in [0, 0.1) is 0 Å². The number of methoxy groups -OCH3 is 1. The number of likely N-dealkylation sites (tertiary alicyclic amines) is 1. The van der Waals surface area contributed by atoms with E-state index >= 15 is 0 Å². The average Bonchev–Trinajstić information content (AvgIpc) is 3.47. The first kappa shape index (κ1) is 24.5. The number of nitrogens with zero attached hydrogens (tertiary/aromatic N) is 3. The van der Waals surface area contributed by atoms with Crippen molar-refractivity contribution in [2.24, 2.45) is 0 Å². The van der Waals surface area contributed by atoms with Crippen LogP contribution in [0.3, 0.4) is 0 Å². The van der Waals surface area contributed by atoms with E-state index in [4.69, 9.17) is 9.47 Å². The Morgan fingerprint density at radius 3 is 2.76 bits per heavy atom. The molecule has 2 unspecified atom stereocenters.